The van der Waals surface area contributed by atoms with Gasteiger partial charge in [-0.2, -0.15) is 0 Å². The quantitative estimate of drug-likeness (QED) is 0.747. The first-order valence-corrected chi connectivity index (χ1v) is 7.76. The average Bonchev–Trinajstić information content (AvgIpc) is 3.09. The lowest BCUT2D eigenvalue weighted by molar-refractivity contribution is 0.102. The minimum atomic E-state index is -0.230. The Labute approximate surface area is 140 Å². The molecule has 1 aliphatic rings. The fourth-order valence-electron chi connectivity index (χ4n) is 2.57. The smallest absolute Gasteiger partial charge is 0.274 e. The van der Waals surface area contributed by atoms with Crippen molar-refractivity contribution in [1.82, 2.24) is 9.38 Å². The van der Waals surface area contributed by atoms with Crippen molar-refractivity contribution in [3.63, 3.8) is 0 Å². The molecule has 23 heavy (non-hydrogen) atoms. The predicted octanol–water partition coefficient (Wildman–Crippen LogP) is 3.39. The summed E-state index contributed by atoms with van der Waals surface area (Å²) >= 11 is 3.41. The molecule has 0 fully saturated rings. The van der Waals surface area contributed by atoms with Crippen molar-refractivity contribution in [2.45, 2.75) is 6.92 Å². The highest BCUT2D eigenvalue weighted by Crippen LogP contribution is 2.34. The van der Waals surface area contributed by atoms with Crippen LogP contribution in [0.2, 0.25) is 0 Å². The number of nitrogens with zero attached hydrogens (tertiary/aromatic N) is 2. The molecule has 2 aromatic heterocycles. The first-order valence-electron chi connectivity index (χ1n) is 6.97. The molecule has 116 valence electrons. The van der Waals surface area contributed by atoms with Gasteiger partial charge < -0.3 is 14.8 Å². The van der Waals surface area contributed by atoms with Gasteiger partial charge in [-0.25, -0.2) is 4.98 Å². The third kappa shape index (κ3) is 2.43. The molecule has 0 saturated heterocycles. The summed E-state index contributed by atoms with van der Waals surface area (Å²) < 4.78 is 13.2. The number of halogens is 1. The molecule has 0 unspecified atom stereocenters. The van der Waals surface area contributed by atoms with Gasteiger partial charge >= 0.3 is 0 Å². The molecule has 6 nitrogen and oxygen atoms in total. The van der Waals surface area contributed by atoms with Crippen molar-refractivity contribution in [1.29, 1.82) is 0 Å². The number of fused-ring (bicyclic) bond motifs is 2. The summed E-state index contributed by atoms with van der Waals surface area (Å²) in [5, 5.41) is 2.88. The zero-order valence-electron chi connectivity index (χ0n) is 12.2. The van der Waals surface area contributed by atoms with Gasteiger partial charge in [-0.3, -0.25) is 9.20 Å². The summed E-state index contributed by atoms with van der Waals surface area (Å²) in [6.07, 6.45) is 1.82. The number of benzene rings is 1. The van der Waals surface area contributed by atoms with Gasteiger partial charge in [0.1, 0.15) is 11.3 Å². The highest BCUT2D eigenvalue weighted by atomic mass is 79.9. The van der Waals surface area contributed by atoms with E-state index in [1.807, 2.05) is 25.3 Å². The van der Waals surface area contributed by atoms with Crippen LogP contribution in [0.4, 0.5) is 5.69 Å². The molecule has 0 spiro atoms. The molecule has 7 heteroatoms. The van der Waals surface area contributed by atoms with Crippen LogP contribution in [-0.4, -0.2) is 22.1 Å². The number of anilines is 1. The summed E-state index contributed by atoms with van der Waals surface area (Å²) in [7, 11) is 0. The molecule has 1 N–H and O–H groups in total. The van der Waals surface area contributed by atoms with Gasteiger partial charge in [0, 0.05) is 22.4 Å². The van der Waals surface area contributed by atoms with Gasteiger partial charge in [-0.05, 0) is 47.1 Å². The summed E-state index contributed by atoms with van der Waals surface area (Å²) in [5.74, 6) is 1.07. The van der Waals surface area contributed by atoms with Crippen molar-refractivity contribution < 1.29 is 14.3 Å². The first kappa shape index (κ1) is 14.1. The average molecular weight is 374 g/mol. The molecule has 1 aliphatic heterocycles. The molecule has 0 bridgehead atoms. The Kier molecular flexibility index (Phi) is 3.23. The summed E-state index contributed by atoms with van der Waals surface area (Å²) in [5.41, 5.74) is 2.53. The van der Waals surface area contributed by atoms with Crippen LogP contribution in [-0.2, 0) is 0 Å². The third-order valence-electron chi connectivity index (χ3n) is 3.60. The molecular formula is C16H12BrN3O3. The van der Waals surface area contributed by atoms with Crippen molar-refractivity contribution >= 4 is 33.2 Å². The second kappa shape index (κ2) is 5.27. The highest BCUT2D eigenvalue weighted by molar-refractivity contribution is 9.10. The van der Waals surface area contributed by atoms with Crippen molar-refractivity contribution in [2.24, 2.45) is 0 Å². The first-order chi connectivity index (χ1) is 11.1. The maximum absolute atomic E-state index is 12.7. The van der Waals surface area contributed by atoms with Crippen LogP contribution in [0.1, 0.15) is 16.2 Å². The van der Waals surface area contributed by atoms with Gasteiger partial charge in [0.2, 0.25) is 6.79 Å². The van der Waals surface area contributed by atoms with Crippen molar-refractivity contribution in [2.75, 3.05) is 12.1 Å². The Morgan fingerprint density at radius 2 is 2.09 bits per heavy atom. The van der Waals surface area contributed by atoms with E-state index in [-0.39, 0.29) is 12.7 Å². The summed E-state index contributed by atoms with van der Waals surface area (Å²) in [4.78, 5) is 17.1. The number of nitrogens with one attached hydrogen (secondary N) is 1. The zero-order chi connectivity index (χ0) is 16.0. The number of carbonyl (C=O) groups excluding carboxylic acids is 1. The molecule has 0 atom stereocenters. The van der Waals surface area contributed by atoms with Crippen LogP contribution in [0, 0.1) is 6.92 Å². The van der Waals surface area contributed by atoms with Gasteiger partial charge in [0.25, 0.3) is 5.91 Å². The maximum Gasteiger partial charge on any atom is 0.274 e. The number of pyridine rings is 1. The largest absolute Gasteiger partial charge is 0.454 e. The lowest BCUT2D eigenvalue weighted by atomic mass is 10.2. The number of hydrogen-bond acceptors (Lipinski definition) is 4. The van der Waals surface area contributed by atoms with Gasteiger partial charge in [-0.15, -0.1) is 0 Å². The van der Waals surface area contributed by atoms with E-state index in [1.54, 1.807) is 22.6 Å². The standard InChI is InChI=1S/C16H12BrN3O3/c1-9-15(20-7-10(17)2-5-14(20)18-9)16(21)19-11-3-4-12-13(6-11)23-8-22-12/h2-7H,8H2,1H3,(H,19,21). The maximum atomic E-state index is 12.7. The monoisotopic (exact) mass is 373 g/mol. The molecule has 0 aliphatic carbocycles. The molecule has 3 heterocycles. The van der Waals surface area contributed by atoms with Crippen LogP contribution >= 0.6 is 15.9 Å². The number of amides is 1. The number of hydrogen-bond donors (Lipinski definition) is 1. The van der Waals surface area contributed by atoms with Crippen LogP contribution in [0.3, 0.4) is 0 Å². The van der Waals surface area contributed by atoms with Crippen LogP contribution in [0.5, 0.6) is 11.5 Å². The Morgan fingerprint density at radius 1 is 1.26 bits per heavy atom. The van der Waals surface area contributed by atoms with Crippen LogP contribution in [0.25, 0.3) is 5.65 Å². The second-order valence-corrected chi connectivity index (χ2v) is 6.06. The number of ether oxygens (including phenoxy) is 2. The lowest BCUT2D eigenvalue weighted by Crippen LogP contribution is -2.15. The van der Waals surface area contributed by atoms with E-state index in [2.05, 4.69) is 26.2 Å². The van der Waals surface area contributed by atoms with E-state index in [1.165, 1.54) is 0 Å². The summed E-state index contributed by atoms with van der Waals surface area (Å²) in [6.45, 7) is 2.02. The Morgan fingerprint density at radius 3 is 2.96 bits per heavy atom. The Balaban J connectivity index is 1.69. The number of rotatable bonds is 2. The molecule has 1 aromatic carbocycles. The number of aromatic nitrogens is 2. The van der Waals surface area contributed by atoms with Crippen molar-refractivity contribution in [3.8, 4) is 11.5 Å². The minimum absolute atomic E-state index is 0.202. The Bertz CT molecular complexity index is 936. The topological polar surface area (TPSA) is 64.9 Å². The Hall–Kier alpha value is -2.54. The van der Waals surface area contributed by atoms with E-state index < -0.39 is 0 Å². The van der Waals surface area contributed by atoms with E-state index in [4.69, 9.17) is 9.47 Å². The number of aryl methyl sites for hydroxylation is 1. The predicted molar refractivity (Wildman–Crippen MR) is 88.1 cm³/mol. The van der Waals surface area contributed by atoms with E-state index in [9.17, 15) is 4.79 Å². The molecule has 0 radical (unpaired) electrons. The molecular weight excluding hydrogens is 362 g/mol. The minimum Gasteiger partial charge on any atom is -0.454 e. The fourth-order valence-corrected chi connectivity index (χ4v) is 2.91. The normalized spacial score (nSPS) is 12.6. The van der Waals surface area contributed by atoms with Gasteiger partial charge in [-0.1, -0.05) is 0 Å². The number of carbonyl (C=O) groups is 1. The molecule has 0 saturated carbocycles. The van der Waals surface area contributed by atoms with Crippen LogP contribution < -0.4 is 14.8 Å². The van der Waals surface area contributed by atoms with Gasteiger partial charge in [0.05, 0.1) is 5.69 Å². The second-order valence-electron chi connectivity index (χ2n) is 5.14. The molecule has 3 aromatic rings. The van der Waals surface area contributed by atoms with Crippen molar-refractivity contribution in [3.05, 3.63) is 52.4 Å². The fraction of sp³-hybridized carbons (Fsp3) is 0.125. The summed E-state index contributed by atoms with van der Waals surface area (Å²) in [6, 6.07) is 9.04. The molecule has 4 rings (SSSR count). The van der Waals surface area contributed by atoms with E-state index in [0.717, 1.165) is 10.1 Å². The molecule has 1 amide bonds. The zero-order valence-corrected chi connectivity index (χ0v) is 13.8. The van der Waals surface area contributed by atoms with Gasteiger partial charge in [0.15, 0.2) is 11.5 Å². The lowest BCUT2D eigenvalue weighted by Gasteiger charge is -2.07. The van der Waals surface area contributed by atoms with E-state index in [0.29, 0.717) is 28.6 Å². The van der Waals surface area contributed by atoms with E-state index >= 15 is 0 Å². The van der Waals surface area contributed by atoms with Crippen LogP contribution in [0.15, 0.2) is 41.0 Å². The third-order valence-corrected chi connectivity index (χ3v) is 4.07. The SMILES string of the molecule is Cc1nc2ccc(Br)cn2c1C(=O)Nc1ccc2c(c1)OCO2. The number of imidazole rings is 1. The highest BCUT2D eigenvalue weighted by Gasteiger charge is 2.19.